The molecule has 1 saturated heterocycles. The second-order valence-electron chi connectivity index (χ2n) is 7.68. The van der Waals surface area contributed by atoms with Gasteiger partial charge in [-0.1, -0.05) is 52.3 Å². The Morgan fingerprint density at radius 2 is 2.00 bits per heavy atom. The summed E-state index contributed by atoms with van der Waals surface area (Å²) in [6.07, 6.45) is 0. The van der Waals surface area contributed by atoms with Gasteiger partial charge in [-0.15, -0.1) is 0 Å². The van der Waals surface area contributed by atoms with Crippen molar-refractivity contribution in [3.63, 3.8) is 0 Å². The van der Waals surface area contributed by atoms with Crippen LogP contribution >= 0.6 is 45.4 Å². The van der Waals surface area contributed by atoms with Crippen LogP contribution in [0.15, 0.2) is 36.4 Å². The Hall–Kier alpha value is -1.61. The first-order valence-corrected chi connectivity index (χ1v) is 11.9. The Balaban J connectivity index is 1.89. The van der Waals surface area contributed by atoms with Crippen LogP contribution in [0.4, 0.5) is 11.4 Å². The van der Waals surface area contributed by atoms with Gasteiger partial charge in [-0.2, -0.15) is 0 Å². The minimum Gasteiger partial charge on any atom is -0.301 e. The Labute approximate surface area is 186 Å². The molecule has 0 unspecified atom stereocenters. The fourth-order valence-electron chi connectivity index (χ4n) is 4.00. The molecule has 4 rings (SSSR count). The standard InChI is InChI=1S/C20H17ClN2O3S3/c1-10-4-7-14-12(8-10)16-17(28-29-19(16)27)20(2,3)22(14)18(24)11-5-6-13(21)15(9-11)23(25)26/h4-9,16-17H,1-3H3/t16-,17+/m1/s1. The molecule has 2 aromatic rings. The maximum absolute atomic E-state index is 13.6. The molecule has 0 aromatic heterocycles. The van der Waals surface area contributed by atoms with Gasteiger partial charge in [0.2, 0.25) is 0 Å². The maximum atomic E-state index is 13.6. The zero-order chi connectivity index (χ0) is 21.1. The van der Waals surface area contributed by atoms with Gasteiger partial charge >= 0.3 is 0 Å². The van der Waals surface area contributed by atoms with Crippen LogP contribution in [0.1, 0.15) is 41.3 Å². The van der Waals surface area contributed by atoms with Crippen molar-refractivity contribution in [2.75, 3.05) is 4.90 Å². The molecule has 9 heteroatoms. The molecule has 2 aliphatic rings. The Kier molecular flexibility index (Phi) is 5.17. The van der Waals surface area contributed by atoms with Crippen LogP contribution < -0.4 is 4.90 Å². The number of aryl methyl sites for hydroxylation is 1. The number of thiocarbonyl (C=S) groups is 1. The second kappa shape index (κ2) is 7.27. The smallest absolute Gasteiger partial charge is 0.288 e. The van der Waals surface area contributed by atoms with Crippen LogP contribution in [-0.4, -0.2) is 25.8 Å². The highest BCUT2D eigenvalue weighted by molar-refractivity contribution is 8.84. The summed E-state index contributed by atoms with van der Waals surface area (Å²) >= 11 is 11.6. The van der Waals surface area contributed by atoms with Crippen LogP contribution in [0.25, 0.3) is 0 Å². The fourth-order valence-corrected chi connectivity index (χ4v) is 8.22. The van der Waals surface area contributed by atoms with E-state index in [1.165, 1.54) is 18.2 Å². The van der Waals surface area contributed by atoms with Gasteiger partial charge in [-0.05, 0) is 55.3 Å². The molecule has 0 N–H and O–H groups in total. The number of rotatable bonds is 2. The third-order valence-corrected chi connectivity index (χ3v) is 9.58. The van der Waals surface area contributed by atoms with Gasteiger partial charge in [-0.25, -0.2) is 0 Å². The Bertz CT molecular complexity index is 1070. The molecule has 150 valence electrons. The number of nitro benzene ring substituents is 1. The SMILES string of the molecule is Cc1ccc2c(c1)[C@H]1C(=S)SS[C@@H]1C(C)(C)N2C(=O)c1ccc(Cl)c([N+](=O)[O-])c1. The molecule has 0 spiro atoms. The Morgan fingerprint density at radius 3 is 2.69 bits per heavy atom. The highest BCUT2D eigenvalue weighted by Gasteiger charge is 2.53. The monoisotopic (exact) mass is 464 g/mol. The van der Waals surface area contributed by atoms with Crippen molar-refractivity contribution in [1.29, 1.82) is 0 Å². The molecule has 2 aliphatic heterocycles. The summed E-state index contributed by atoms with van der Waals surface area (Å²) in [5.41, 5.74) is 2.35. The van der Waals surface area contributed by atoms with Gasteiger partial charge in [-0.3, -0.25) is 14.9 Å². The number of fused-ring (bicyclic) bond motifs is 3. The fraction of sp³-hybridized carbons (Fsp3) is 0.300. The van der Waals surface area contributed by atoms with Crippen molar-refractivity contribution in [2.45, 2.75) is 37.5 Å². The van der Waals surface area contributed by atoms with Gasteiger partial charge in [0.25, 0.3) is 11.6 Å². The molecule has 0 saturated carbocycles. The minimum absolute atomic E-state index is 0.00800. The molecular weight excluding hydrogens is 448 g/mol. The molecule has 1 amide bonds. The molecule has 0 aliphatic carbocycles. The Morgan fingerprint density at radius 1 is 1.28 bits per heavy atom. The summed E-state index contributed by atoms with van der Waals surface area (Å²) in [5.74, 6) is -0.213. The van der Waals surface area contributed by atoms with E-state index < -0.39 is 10.5 Å². The second-order valence-corrected chi connectivity index (χ2v) is 11.2. The average molecular weight is 465 g/mol. The van der Waals surface area contributed by atoms with Crippen LogP contribution in [0.3, 0.4) is 0 Å². The first-order chi connectivity index (χ1) is 13.6. The van der Waals surface area contributed by atoms with Gasteiger partial charge in [0.1, 0.15) is 5.02 Å². The van der Waals surface area contributed by atoms with Crippen molar-refractivity contribution < 1.29 is 9.72 Å². The molecule has 5 nitrogen and oxygen atoms in total. The predicted octanol–water partition coefficient (Wildman–Crippen LogP) is 6.17. The van der Waals surface area contributed by atoms with Crippen LogP contribution in [0.2, 0.25) is 5.02 Å². The lowest BCUT2D eigenvalue weighted by Gasteiger charge is -2.49. The topological polar surface area (TPSA) is 63.5 Å². The number of carbonyl (C=O) groups is 1. The number of carbonyl (C=O) groups excluding carboxylic acids is 1. The lowest BCUT2D eigenvalue weighted by atomic mass is 9.78. The van der Waals surface area contributed by atoms with Gasteiger partial charge in [0.05, 0.1) is 19.9 Å². The predicted molar refractivity (Wildman–Crippen MR) is 124 cm³/mol. The van der Waals surface area contributed by atoms with Crippen LogP contribution in [-0.2, 0) is 0 Å². The van der Waals surface area contributed by atoms with Gasteiger partial charge < -0.3 is 4.90 Å². The molecular formula is C20H17ClN2O3S3. The lowest BCUT2D eigenvalue weighted by molar-refractivity contribution is -0.384. The summed E-state index contributed by atoms with van der Waals surface area (Å²) < 4.78 is 0.925. The zero-order valence-electron chi connectivity index (χ0n) is 15.8. The molecule has 1 fully saturated rings. The van der Waals surface area contributed by atoms with E-state index in [0.29, 0.717) is 0 Å². The number of nitrogens with zero attached hydrogens (tertiary/aromatic N) is 2. The van der Waals surface area contributed by atoms with E-state index >= 15 is 0 Å². The van der Waals surface area contributed by atoms with E-state index in [1.54, 1.807) is 26.5 Å². The number of hydrogen-bond acceptors (Lipinski definition) is 6. The molecule has 2 heterocycles. The quantitative estimate of drug-likeness (QED) is 0.229. The maximum Gasteiger partial charge on any atom is 0.288 e. The normalized spacial score (nSPS) is 22.2. The number of amides is 1. The first kappa shape index (κ1) is 20.7. The third-order valence-electron chi connectivity index (χ3n) is 5.42. The molecule has 0 radical (unpaired) electrons. The van der Waals surface area contributed by atoms with Crippen molar-refractivity contribution in [2.24, 2.45) is 0 Å². The molecule has 29 heavy (non-hydrogen) atoms. The number of benzene rings is 2. The summed E-state index contributed by atoms with van der Waals surface area (Å²) in [7, 11) is 3.29. The van der Waals surface area contributed by atoms with Crippen LogP contribution in [0.5, 0.6) is 0 Å². The molecule has 0 bridgehead atoms. The van der Waals surface area contributed by atoms with E-state index in [2.05, 4.69) is 6.07 Å². The van der Waals surface area contributed by atoms with Gasteiger partial charge in [0.15, 0.2) is 0 Å². The minimum atomic E-state index is -0.574. The van der Waals surface area contributed by atoms with E-state index in [0.717, 1.165) is 21.0 Å². The molecule has 2 aromatic carbocycles. The summed E-state index contributed by atoms with van der Waals surface area (Å²) in [6.45, 7) is 6.07. The van der Waals surface area contributed by atoms with Crippen molar-refractivity contribution in [3.8, 4) is 0 Å². The number of nitro groups is 1. The summed E-state index contributed by atoms with van der Waals surface area (Å²) in [6, 6.07) is 10.2. The van der Waals surface area contributed by atoms with E-state index in [-0.39, 0.29) is 33.3 Å². The average Bonchev–Trinajstić information content (AvgIpc) is 3.05. The number of hydrogen-bond donors (Lipinski definition) is 0. The molecule has 2 atom stereocenters. The summed E-state index contributed by atoms with van der Waals surface area (Å²) in [5, 5.41) is 11.4. The first-order valence-electron chi connectivity index (χ1n) is 8.89. The van der Waals surface area contributed by atoms with Crippen LogP contribution in [0, 0.1) is 17.0 Å². The highest BCUT2D eigenvalue weighted by atomic mass is 35.5. The largest absolute Gasteiger partial charge is 0.301 e. The third kappa shape index (κ3) is 3.26. The number of anilines is 1. The van der Waals surface area contributed by atoms with E-state index in [9.17, 15) is 14.9 Å². The van der Waals surface area contributed by atoms with Crippen molar-refractivity contribution in [3.05, 3.63) is 68.2 Å². The highest BCUT2D eigenvalue weighted by Crippen LogP contribution is 2.59. The lowest BCUT2D eigenvalue weighted by Crippen LogP contribution is -2.58. The van der Waals surface area contributed by atoms with E-state index in [4.69, 9.17) is 23.8 Å². The van der Waals surface area contributed by atoms with E-state index in [1.807, 2.05) is 32.9 Å². The van der Waals surface area contributed by atoms with Gasteiger partial charge in [0, 0.05) is 23.2 Å². The van der Waals surface area contributed by atoms with Crippen molar-refractivity contribution in [1.82, 2.24) is 0 Å². The van der Waals surface area contributed by atoms with Crippen molar-refractivity contribution >= 4 is 66.9 Å². The number of halogens is 1. The zero-order valence-corrected chi connectivity index (χ0v) is 19.0. The summed E-state index contributed by atoms with van der Waals surface area (Å²) in [4.78, 5) is 26.1.